The van der Waals surface area contributed by atoms with Crippen molar-refractivity contribution >= 4 is 5.82 Å². The number of hydrogen-bond donors (Lipinski definition) is 1. The van der Waals surface area contributed by atoms with Crippen LogP contribution >= 0.6 is 0 Å². The van der Waals surface area contributed by atoms with E-state index >= 15 is 0 Å². The Labute approximate surface area is 90.5 Å². The Morgan fingerprint density at radius 2 is 2.47 bits per heavy atom. The van der Waals surface area contributed by atoms with E-state index in [0.29, 0.717) is 5.92 Å². The van der Waals surface area contributed by atoms with E-state index in [-0.39, 0.29) is 0 Å². The highest BCUT2D eigenvalue weighted by atomic mass is 15.3. The summed E-state index contributed by atoms with van der Waals surface area (Å²) in [6, 6.07) is 3.94. The van der Waals surface area contributed by atoms with Crippen molar-refractivity contribution in [2.24, 2.45) is 17.6 Å². The largest absolute Gasteiger partial charge is 0.355 e. The van der Waals surface area contributed by atoms with E-state index in [0.717, 1.165) is 31.4 Å². The number of nitrogens with two attached hydrogens (primary N) is 1. The summed E-state index contributed by atoms with van der Waals surface area (Å²) in [5, 5.41) is 8.04. The summed E-state index contributed by atoms with van der Waals surface area (Å²) in [6.45, 7) is 5.12. The van der Waals surface area contributed by atoms with Crippen molar-refractivity contribution in [1.29, 1.82) is 0 Å². The van der Waals surface area contributed by atoms with Crippen LogP contribution in [0.4, 0.5) is 5.82 Å². The van der Waals surface area contributed by atoms with Gasteiger partial charge in [-0.1, -0.05) is 6.92 Å². The van der Waals surface area contributed by atoms with E-state index in [1.807, 2.05) is 12.1 Å². The Hall–Kier alpha value is -1.16. The molecule has 0 amide bonds. The van der Waals surface area contributed by atoms with Gasteiger partial charge in [0.15, 0.2) is 5.82 Å². The van der Waals surface area contributed by atoms with Crippen LogP contribution in [0.3, 0.4) is 0 Å². The maximum Gasteiger partial charge on any atom is 0.151 e. The number of aromatic nitrogens is 2. The van der Waals surface area contributed by atoms with Crippen LogP contribution in [0.1, 0.15) is 13.3 Å². The first kappa shape index (κ1) is 10.4. The second-order valence-electron chi connectivity index (χ2n) is 4.29. The zero-order chi connectivity index (χ0) is 10.7. The predicted molar refractivity (Wildman–Crippen MR) is 60.6 cm³/mol. The van der Waals surface area contributed by atoms with Crippen molar-refractivity contribution in [3.63, 3.8) is 0 Å². The Balaban J connectivity index is 2.06. The predicted octanol–water partition coefficient (Wildman–Crippen LogP) is 0.898. The van der Waals surface area contributed by atoms with Gasteiger partial charge in [-0.15, -0.1) is 5.10 Å². The Morgan fingerprint density at radius 1 is 1.60 bits per heavy atom. The molecule has 2 rings (SSSR count). The van der Waals surface area contributed by atoms with Crippen LogP contribution in [0.15, 0.2) is 18.3 Å². The molecule has 2 heterocycles. The Kier molecular flexibility index (Phi) is 3.16. The van der Waals surface area contributed by atoms with E-state index in [2.05, 4.69) is 22.0 Å². The molecule has 1 aromatic heterocycles. The zero-order valence-corrected chi connectivity index (χ0v) is 9.13. The van der Waals surface area contributed by atoms with Crippen molar-refractivity contribution in [3.8, 4) is 0 Å². The number of rotatable bonds is 2. The molecule has 0 spiro atoms. The Bertz CT molecular complexity index is 301. The number of piperidine rings is 1. The summed E-state index contributed by atoms with van der Waals surface area (Å²) in [7, 11) is 0. The maximum absolute atomic E-state index is 5.77. The minimum Gasteiger partial charge on any atom is -0.355 e. The summed E-state index contributed by atoms with van der Waals surface area (Å²) in [6.07, 6.45) is 2.90. The van der Waals surface area contributed by atoms with Crippen molar-refractivity contribution in [1.82, 2.24) is 10.2 Å². The highest BCUT2D eigenvalue weighted by molar-refractivity contribution is 5.36. The molecule has 4 heteroatoms. The first-order valence-corrected chi connectivity index (χ1v) is 5.54. The number of anilines is 1. The van der Waals surface area contributed by atoms with Gasteiger partial charge in [0, 0.05) is 19.3 Å². The van der Waals surface area contributed by atoms with Crippen LogP contribution in [0.2, 0.25) is 0 Å². The minimum atomic E-state index is 0.584. The van der Waals surface area contributed by atoms with Crippen molar-refractivity contribution in [2.75, 3.05) is 24.5 Å². The Morgan fingerprint density at radius 3 is 3.13 bits per heavy atom. The fourth-order valence-electron chi connectivity index (χ4n) is 2.13. The van der Waals surface area contributed by atoms with E-state index < -0.39 is 0 Å². The molecule has 1 fully saturated rings. The van der Waals surface area contributed by atoms with E-state index in [9.17, 15) is 0 Å². The van der Waals surface area contributed by atoms with Crippen LogP contribution in [0.5, 0.6) is 0 Å². The minimum absolute atomic E-state index is 0.584. The molecule has 1 aromatic rings. The highest BCUT2D eigenvalue weighted by Gasteiger charge is 2.25. The maximum atomic E-state index is 5.77. The van der Waals surface area contributed by atoms with E-state index in [4.69, 9.17) is 5.73 Å². The zero-order valence-electron chi connectivity index (χ0n) is 9.13. The summed E-state index contributed by atoms with van der Waals surface area (Å²) in [5.74, 6) is 2.28. The lowest BCUT2D eigenvalue weighted by atomic mass is 9.87. The van der Waals surface area contributed by atoms with Gasteiger partial charge in [0.25, 0.3) is 0 Å². The monoisotopic (exact) mass is 206 g/mol. The highest BCUT2D eigenvalue weighted by Crippen LogP contribution is 2.24. The van der Waals surface area contributed by atoms with Gasteiger partial charge in [-0.25, -0.2) is 0 Å². The molecule has 1 aliphatic heterocycles. The van der Waals surface area contributed by atoms with E-state index in [1.165, 1.54) is 6.42 Å². The van der Waals surface area contributed by atoms with Gasteiger partial charge >= 0.3 is 0 Å². The normalized spacial score (nSPS) is 26.7. The third kappa shape index (κ3) is 2.26. The molecule has 2 N–H and O–H groups in total. The molecule has 0 bridgehead atoms. The summed E-state index contributed by atoms with van der Waals surface area (Å²) in [5.41, 5.74) is 5.77. The smallest absolute Gasteiger partial charge is 0.151 e. The quantitative estimate of drug-likeness (QED) is 0.781. The first-order valence-electron chi connectivity index (χ1n) is 5.54. The molecule has 2 unspecified atom stereocenters. The number of hydrogen-bond acceptors (Lipinski definition) is 4. The molecule has 1 saturated heterocycles. The average Bonchev–Trinajstić information content (AvgIpc) is 2.31. The van der Waals surface area contributed by atoms with Gasteiger partial charge < -0.3 is 10.6 Å². The third-order valence-electron chi connectivity index (χ3n) is 3.30. The van der Waals surface area contributed by atoms with Crippen LogP contribution in [0, 0.1) is 11.8 Å². The van der Waals surface area contributed by atoms with Gasteiger partial charge in [0.1, 0.15) is 0 Å². The SMILES string of the molecule is CC1CCN(c2cccnn2)CC1CN. The molecule has 4 nitrogen and oxygen atoms in total. The molecule has 1 aliphatic rings. The van der Waals surface area contributed by atoms with Gasteiger partial charge in [-0.3, -0.25) is 0 Å². The lowest BCUT2D eigenvalue weighted by Gasteiger charge is -2.36. The average molecular weight is 206 g/mol. The summed E-state index contributed by atoms with van der Waals surface area (Å²) < 4.78 is 0. The van der Waals surface area contributed by atoms with Crippen LogP contribution < -0.4 is 10.6 Å². The van der Waals surface area contributed by atoms with Crippen molar-refractivity contribution in [2.45, 2.75) is 13.3 Å². The summed E-state index contributed by atoms with van der Waals surface area (Å²) >= 11 is 0. The molecule has 0 aromatic carbocycles. The van der Waals surface area contributed by atoms with Crippen LogP contribution in [-0.4, -0.2) is 29.8 Å². The van der Waals surface area contributed by atoms with Gasteiger partial charge in [0.05, 0.1) is 0 Å². The fraction of sp³-hybridized carbons (Fsp3) is 0.636. The van der Waals surface area contributed by atoms with Crippen LogP contribution in [0.25, 0.3) is 0 Å². The molecular formula is C11H18N4. The van der Waals surface area contributed by atoms with Crippen molar-refractivity contribution < 1.29 is 0 Å². The lowest BCUT2D eigenvalue weighted by molar-refractivity contribution is 0.306. The second kappa shape index (κ2) is 4.57. The molecule has 82 valence electrons. The van der Waals surface area contributed by atoms with Gasteiger partial charge in [0.2, 0.25) is 0 Å². The van der Waals surface area contributed by atoms with Gasteiger partial charge in [-0.05, 0) is 36.9 Å². The molecule has 0 aliphatic carbocycles. The molecule has 0 saturated carbocycles. The fourth-order valence-corrected chi connectivity index (χ4v) is 2.13. The van der Waals surface area contributed by atoms with Gasteiger partial charge in [-0.2, -0.15) is 5.10 Å². The molecular weight excluding hydrogens is 188 g/mol. The molecule has 2 atom stereocenters. The van der Waals surface area contributed by atoms with Crippen molar-refractivity contribution in [3.05, 3.63) is 18.3 Å². The van der Waals surface area contributed by atoms with Crippen LogP contribution in [-0.2, 0) is 0 Å². The number of nitrogens with zero attached hydrogens (tertiary/aromatic N) is 3. The third-order valence-corrected chi connectivity index (χ3v) is 3.30. The standard InChI is InChI=1S/C11H18N4/c1-9-4-6-15(8-10(9)7-12)11-3-2-5-13-14-11/h2-3,5,9-10H,4,6-8,12H2,1H3. The summed E-state index contributed by atoms with van der Waals surface area (Å²) in [4.78, 5) is 2.28. The molecule has 15 heavy (non-hydrogen) atoms. The van der Waals surface area contributed by atoms with E-state index in [1.54, 1.807) is 6.20 Å². The molecule has 0 radical (unpaired) electrons. The first-order chi connectivity index (χ1) is 7.31. The lowest BCUT2D eigenvalue weighted by Crippen LogP contribution is -2.43. The second-order valence-corrected chi connectivity index (χ2v) is 4.29. The topological polar surface area (TPSA) is 55.0 Å².